The molecule has 0 heterocycles. The van der Waals surface area contributed by atoms with Gasteiger partial charge in [0.2, 0.25) is 11.8 Å². The summed E-state index contributed by atoms with van der Waals surface area (Å²) in [6.45, 7) is 2.55. The van der Waals surface area contributed by atoms with E-state index in [0.717, 1.165) is 17.5 Å². The highest BCUT2D eigenvalue weighted by Crippen LogP contribution is 2.27. The van der Waals surface area contributed by atoms with Crippen LogP contribution in [0.1, 0.15) is 18.1 Å². The highest BCUT2D eigenvalue weighted by atomic mass is 16.5. The van der Waals surface area contributed by atoms with Gasteiger partial charge in [-0.1, -0.05) is 36.4 Å². The number of ether oxygens (including phenoxy) is 2. The zero-order valence-electron chi connectivity index (χ0n) is 16.7. The number of nitrogens with zero attached hydrogens (tertiary/aromatic N) is 1. The molecule has 2 amide bonds. The fourth-order valence-electron chi connectivity index (χ4n) is 2.87. The predicted octanol–water partition coefficient (Wildman–Crippen LogP) is 2.45. The number of carbonyl (C=O) groups is 2. The fraction of sp³-hybridized carbons (Fsp3) is 0.364. The zero-order chi connectivity index (χ0) is 20.4. The van der Waals surface area contributed by atoms with E-state index in [-0.39, 0.29) is 18.4 Å². The van der Waals surface area contributed by atoms with Crippen LogP contribution in [0.3, 0.4) is 0 Å². The third-order valence-corrected chi connectivity index (χ3v) is 4.48. The van der Waals surface area contributed by atoms with Crippen LogP contribution in [-0.4, -0.2) is 50.6 Å². The summed E-state index contributed by atoms with van der Waals surface area (Å²) in [6, 6.07) is 15.6. The molecule has 0 saturated heterocycles. The monoisotopic (exact) mass is 384 g/mol. The Hall–Kier alpha value is -3.02. The molecule has 2 aromatic rings. The van der Waals surface area contributed by atoms with E-state index in [1.165, 1.54) is 6.92 Å². The van der Waals surface area contributed by atoms with Crippen LogP contribution in [0.15, 0.2) is 48.5 Å². The smallest absolute Gasteiger partial charge is 0.239 e. The van der Waals surface area contributed by atoms with Crippen molar-refractivity contribution in [1.29, 1.82) is 0 Å². The molecule has 0 bridgehead atoms. The van der Waals surface area contributed by atoms with Crippen LogP contribution in [-0.2, 0) is 22.4 Å². The van der Waals surface area contributed by atoms with E-state index in [2.05, 4.69) is 5.32 Å². The lowest BCUT2D eigenvalue weighted by Gasteiger charge is -2.20. The average Bonchev–Trinajstić information content (AvgIpc) is 2.71. The predicted molar refractivity (Wildman–Crippen MR) is 109 cm³/mol. The van der Waals surface area contributed by atoms with Gasteiger partial charge in [0, 0.05) is 20.0 Å². The first kappa shape index (κ1) is 21.3. The van der Waals surface area contributed by atoms with Crippen molar-refractivity contribution < 1.29 is 19.1 Å². The number of hydrogen-bond acceptors (Lipinski definition) is 4. The van der Waals surface area contributed by atoms with Crippen molar-refractivity contribution in [2.45, 2.75) is 19.8 Å². The molecular formula is C22H28N2O4. The number of hydrogen-bond donors (Lipinski definition) is 1. The van der Waals surface area contributed by atoms with Crippen molar-refractivity contribution in [2.24, 2.45) is 0 Å². The largest absolute Gasteiger partial charge is 0.493 e. The molecule has 28 heavy (non-hydrogen) atoms. The van der Waals surface area contributed by atoms with Crippen LogP contribution in [0.25, 0.3) is 0 Å². The van der Waals surface area contributed by atoms with Crippen molar-refractivity contribution in [3.05, 3.63) is 59.7 Å². The number of rotatable bonds is 10. The average molecular weight is 384 g/mol. The van der Waals surface area contributed by atoms with Gasteiger partial charge in [-0.2, -0.15) is 0 Å². The van der Waals surface area contributed by atoms with E-state index in [0.29, 0.717) is 31.0 Å². The SMILES string of the molecule is COc1ccc(CCNC(=O)CN(CCc2ccccc2)C(C)=O)cc1OC. The molecule has 0 aliphatic heterocycles. The second kappa shape index (κ2) is 11.0. The lowest BCUT2D eigenvalue weighted by Crippen LogP contribution is -2.41. The van der Waals surface area contributed by atoms with Crippen molar-refractivity contribution >= 4 is 11.8 Å². The van der Waals surface area contributed by atoms with Gasteiger partial charge < -0.3 is 19.7 Å². The van der Waals surface area contributed by atoms with Gasteiger partial charge in [-0.15, -0.1) is 0 Å². The van der Waals surface area contributed by atoms with Gasteiger partial charge in [0.25, 0.3) is 0 Å². The number of amides is 2. The van der Waals surface area contributed by atoms with Crippen LogP contribution in [0.5, 0.6) is 11.5 Å². The molecule has 2 rings (SSSR count). The second-order valence-corrected chi connectivity index (χ2v) is 6.47. The van der Waals surface area contributed by atoms with Gasteiger partial charge in [-0.05, 0) is 36.1 Å². The Balaban J connectivity index is 1.80. The third-order valence-electron chi connectivity index (χ3n) is 4.48. The van der Waals surface area contributed by atoms with Gasteiger partial charge in [0.15, 0.2) is 11.5 Å². The van der Waals surface area contributed by atoms with Crippen LogP contribution >= 0.6 is 0 Å². The molecule has 0 fully saturated rings. The maximum absolute atomic E-state index is 12.2. The first-order valence-electron chi connectivity index (χ1n) is 9.30. The maximum Gasteiger partial charge on any atom is 0.239 e. The molecule has 6 nitrogen and oxygen atoms in total. The van der Waals surface area contributed by atoms with E-state index < -0.39 is 0 Å². The number of benzene rings is 2. The van der Waals surface area contributed by atoms with E-state index in [1.807, 2.05) is 48.5 Å². The Morgan fingerprint density at radius 1 is 0.929 bits per heavy atom. The summed E-state index contributed by atoms with van der Waals surface area (Å²) in [5.41, 5.74) is 2.17. The Morgan fingerprint density at radius 2 is 1.64 bits per heavy atom. The molecule has 0 radical (unpaired) electrons. The summed E-state index contributed by atoms with van der Waals surface area (Å²) in [5.74, 6) is 1.07. The van der Waals surface area contributed by atoms with Crippen molar-refractivity contribution in [3.63, 3.8) is 0 Å². The van der Waals surface area contributed by atoms with E-state index >= 15 is 0 Å². The summed E-state index contributed by atoms with van der Waals surface area (Å²) < 4.78 is 10.5. The molecular weight excluding hydrogens is 356 g/mol. The first-order valence-corrected chi connectivity index (χ1v) is 9.30. The fourth-order valence-corrected chi connectivity index (χ4v) is 2.87. The minimum Gasteiger partial charge on any atom is -0.493 e. The highest BCUT2D eigenvalue weighted by molar-refractivity contribution is 5.83. The summed E-state index contributed by atoms with van der Waals surface area (Å²) in [7, 11) is 3.19. The highest BCUT2D eigenvalue weighted by Gasteiger charge is 2.13. The van der Waals surface area contributed by atoms with Crippen molar-refractivity contribution in [1.82, 2.24) is 10.2 Å². The number of methoxy groups -OCH3 is 2. The zero-order valence-corrected chi connectivity index (χ0v) is 16.7. The summed E-state index contributed by atoms with van der Waals surface area (Å²) in [5, 5.41) is 2.88. The van der Waals surface area contributed by atoms with E-state index in [1.54, 1.807) is 19.1 Å². The second-order valence-electron chi connectivity index (χ2n) is 6.47. The third kappa shape index (κ3) is 6.61. The van der Waals surface area contributed by atoms with E-state index in [9.17, 15) is 9.59 Å². The summed E-state index contributed by atoms with van der Waals surface area (Å²) >= 11 is 0. The summed E-state index contributed by atoms with van der Waals surface area (Å²) in [4.78, 5) is 25.6. The lowest BCUT2D eigenvalue weighted by molar-refractivity contribution is -0.134. The van der Waals surface area contributed by atoms with Gasteiger partial charge in [0.05, 0.1) is 20.8 Å². The van der Waals surface area contributed by atoms with Gasteiger partial charge in [0.1, 0.15) is 0 Å². The molecule has 0 saturated carbocycles. The van der Waals surface area contributed by atoms with Gasteiger partial charge >= 0.3 is 0 Å². The summed E-state index contributed by atoms with van der Waals surface area (Å²) in [6.07, 6.45) is 1.38. The molecule has 150 valence electrons. The van der Waals surface area contributed by atoms with E-state index in [4.69, 9.17) is 9.47 Å². The van der Waals surface area contributed by atoms with Gasteiger partial charge in [-0.3, -0.25) is 9.59 Å². The Labute approximate surface area is 166 Å². The van der Waals surface area contributed by atoms with Gasteiger partial charge in [-0.25, -0.2) is 0 Å². The minimum atomic E-state index is -0.163. The molecule has 0 aliphatic carbocycles. The molecule has 6 heteroatoms. The molecule has 0 aliphatic rings. The molecule has 0 atom stereocenters. The van der Waals surface area contributed by atoms with Crippen LogP contribution in [0.4, 0.5) is 0 Å². The normalized spacial score (nSPS) is 10.2. The molecule has 1 N–H and O–H groups in total. The number of carbonyl (C=O) groups excluding carboxylic acids is 2. The van der Waals surface area contributed by atoms with Crippen molar-refractivity contribution in [3.8, 4) is 11.5 Å². The minimum absolute atomic E-state index is 0.0636. The molecule has 0 unspecified atom stereocenters. The lowest BCUT2D eigenvalue weighted by atomic mass is 10.1. The molecule has 2 aromatic carbocycles. The van der Waals surface area contributed by atoms with Crippen LogP contribution in [0, 0.1) is 0 Å². The molecule has 0 aromatic heterocycles. The van der Waals surface area contributed by atoms with Crippen molar-refractivity contribution in [2.75, 3.05) is 33.9 Å². The standard InChI is InChI=1S/C22H28N2O4/c1-17(25)24(14-12-18-7-5-4-6-8-18)16-22(26)23-13-11-19-9-10-20(27-2)21(15-19)28-3/h4-10,15H,11-14,16H2,1-3H3,(H,23,26). The topological polar surface area (TPSA) is 67.9 Å². The van der Waals surface area contributed by atoms with Crippen LogP contribution in [0.2, 0.25) is 0 Å². The quantitative estimate of drug-likeness (QED) is 0.683. The first-order chi connectivity index (χ1) is 13.5. The van der Waals surface area contributed by atoms with Crippen LogP contribution < -0.4 is 14.8 Å². The number of nitrogens with one attached hydrogen (secondary N) is 1. The molecule has 0 spiro atoms. The Bertz CT molecular complexity index is 777. The Kier molecular flexibility index (Phi) is 8.34. The Morgan fingerprint density at radius 3 is 2.29 bits per heavy atom. The maximum atomic E-state index is 12.2.